The van der Waals surface area contributed by atoms with Crippen molar-refractivity contribution < 1.29 is 4.74 Å². The summed E-state index contributed by atoms with van der Waals surface area (Å²) in [7, 11) is 0. The van der Waals surface area contributed by atoms with Crippen molar-refractivity contribution in [2.75, 3.05) is 26.3 Å². The van der Waals surface area contributed by atoms with Crippen LogP contribution in [0.2, 0.25) is 0 Å². The van der Waals surface area contributed by atoms with Crippen LogP contribution in [0.4, 0.5) is 0 Å². The van der Waals surface area contributed by atoms with Crippen LogP contribution in [0.25, 0.3) is 0 Å². The smallest absolute Gasteiger partial charge is 0.0469 e. The summed E-state index contributed by atoms with van der Waals surface area (Å²) >= 11 is 0. The lowest BCUT2D eigenvalue weighted by Gasteiger charge is -2.40. The molecule has 2 heterocycles. The Hall–Kier alpha value is -0.120. The molecule has 0 spiro atoms. The first-order valence-electron chi connectivity index (χ1n) is 7.27. The topological polar surface area (TPSA) is 38.5 Å². The van der Waals surface area contributed by atoms with E-state index in [0.29, 0.717) is 6.04 Å². The minimum atomic E-state index is 0.591. The Morgan fingerprint density at radius 2 is 1.94 bits per heavy atom. The number of hydrogen-bond acceptors (Lipinski definition) is 3. The van der Waals surface area contributed by atoms with Gasteiger partial charge in [0.25, 0.3) is 0 Å². The van der Waals surface area contributed by atoms with Crippen LogP contribution in [0.15, 0.2) is 0 Å². The summed E-state index contributed by atoms with van der Waals surface area (Å²) in [5, 5.41) is 0. The van der Waals surface area contributed by atoms with Gasteiger partial charge in [0.2, 0.25) is 0 Å². The van der Waals surface area contributed by atoms with Gasteiger partial charge in [0.1, 0.15) is 0 Å². The SMILES string of the molecule is CC(C)C1CCCN1C(CN)C1CCOCC1. The highest BCUT2D eigenvalue weighted by atomic mass is 16.5. The third-order valence-electron chi connectivity index (χ3n) is 4.59. The number of likely N-dealkylation sites (tertiary alicyclic amines) is 1. The van der Waals surface area contributed by atoms with Crippen LogP contribution >= 0.6 is 0 Å². The van der Waals surface area contributed by atoms with Gasteiger partial charge in [0.15, 0.2) is 0 Å². The van der Waals surface area contributed by atoms with E-state index in [1.165, 1.54) is 32.2 Å². The van der Waals surface area contributed by atoms with E-state index >= 15 is 0 Å². The minimum Gasteiger partial charge on any atom is -0.381 e. The molecule has 0 aliphatic carbocycles. The molecule has 0 amide bonds. The van der Waals surface area contributed by atoms with Gasteiger partial charge in [-0.3, -0.25) is 4.90 Å². The maximum Gasteiger partial charge on any atom is 0.0469 e. The molecule has 0 bridgehead atoms. The van der Waals surface area contributed by atoms with Crippen LogP contribution in [0.3, 0.4) is 0 Å². The summed E-state index contributed by atoms with van der Waals surface area (Å²) in [5.41, 5.74) is 6.06. The van der Waals surface area contributed by atoms with Crippen molar-refractivity contribution in [1.82, 2.24) is 4.90 Å². The molecular formula is C14H28N2O. The molecule has 0 aromatic rings. The van der Waals surface area contributed by atoms with Crippen molar-refractivity contribution in [2.24, 2.45) is 17.6 Å². The Labute approximate surface area is 106 Å². The van der Waals surface area contributed by atoms with Crippen LogP contribution in [-0.4, -0.2) is 43.3 Å². The van der Waals surface area contributed by atoms with E-state index in [2.05, 4.69) is 18.7 Å². The Bertz CT molecular complexity index is 226. The first-order valence-corrected chi connectivity index (χ1v) is 7.27. The Morgan fingerprint density at radius 3 is 2.53 bits per heavy atom. The molecule has 0 aromatic carbocycles. The van der Waals surface area contributed by atoms with E-state index in [4.69, 9.17) is 10.5 Å². The fourth-order valence-corrected chi connectivity index (χ4v) is 3.64. The number of rotatable bonds is 4. The van der Waals surface area contributed by atoms with E-state index in [1.807, 2.05) is 0 Å². The zero-order valence-corrected chi connectivity index (χ0v) is 11.4. The maximum atomic E-state index is 6.06. The third-order valence-corrected chi connectivity index (χ3v) is 4.59. The monoisotopic (exact) mass is 240 g/mol. The number of nitrogens with two attached hydrogens (primary N) is 1. The highest BCUT2D eigenvalue weighted by molar-refractivity contribution is 4.90. The fraction of sp³-hybridized carbons (Fsp3) is 1.00. The van der Waals surface area contributed by atoms with Gasteiger partial charge in [0, 0.05) is 31.8 Å². The predicted molar refractivity (Wildman–Crippen MR) is 71.0 cm³/mol. The molecule has 2 N–H and O–H groups in total. The van der Waals surface area contributed by atoms with Crippen LogP contribution in [-0.2, 0) is 4.74 Å². The second-order valence-electron chi connectivity index (χ2n) is 5.94. The number of nitrogens with zero attached hydrogens (tertiary/aromatic N) is 1. The van der Waals surface area contributed by atoms with Crippen molar-refractivity contribution in [3.8, 4) is 0 Å². The molecule has 3 heteroatoms. The molecule has 0 radical (unpaired) electrons. The summed E-state index contributed by atoms with van der Waals surface area (Å²) in [6.45, 7) is 8.62. The molecule has 0 aromatic heterocycles. The van der Waals surface area contributed by atoms with Crippen LogP contribution in [0.5, 0.6) is 0 Å². The molecule has 17 heavy (non-hydrogen) atoms. The normalized spacial score (nSPS) is 30.0. The summed E-state index contributed by atoms with van der Waals surface area (Å²) < 4.78 is 5.47. The van der Waals surface area contributed by atoms with E-state index < -0.39 is 0 Å². The Kier molecular flexibility index (Phi) is 4.83. The van der Waals surface area contributed by atoms with Gasteiger partial charge in [-0.1, -0.05) is 13.8 Å². The van der Waals surface area contributed by atoms with Gasteiger partial charge >= 0.3 is 0 Å². The molecule has 0 saturated carbocycles. The summed E-state index contributed by atoms with van der Waals surface area (Å²) in [4.78, 5) is 2.71. The lowest BCUT2D eigenvalue weighted by molar-refractivity contribution is 0.0189. The van der Waals surface area contributed by atoms with E-state index in [-0.39, 0.29) is 0 Å². The highest BCUT2D eigenvalue weighted by Gasteiger charge is 2.36. The Morgan fingerprint density at radius 1 is 1.24 bits per heavy atom. The van der Waals surface area contributed by atoms with Crippen LogP contribution < -0.4 is 5.73 Å². The largest absolute Gasteiger partial charge is 0.381 e. The maximum absolute atomic E-state index is 6.06. The quantitative estimate of drug-likeness (QED) is 0.815. The average Bonchev–Trinajstić information content (AvgIpc) is 2.81. The fourth-order valence-electron chi connectivity index (χ4n) is 3.64. The second kappa shape index (κ2) is 6.17. The predicted octanol–water partition coefficient (Wildman–Crippen LogP) is 1.86. The first kappa shape index (κ1) is 13.3. The van der Waals surface area contributed by atoms with E-state index in [0.717, 1.165) is 37.6 Å². The van der Waals surface area contributed by atoms with Crippen molar-refractivity contribution in [2.45, 2.75) is 51.6 Å². The molecular weight excluding hydrogens is 212 g/mol. The van der Waals surface area contributed by atoms with Gasteiger partial charge in [0.05, 0.1) is 0 Å². The summed E-state index contributed by atoms with van der Waals surface area (Å²) in [6, 6.07) is 1.35. The van der Waals surface area contributed by atoms with Gasteiger partial charge in [-0.2, -0.15) is 0 Å². The molecule has 2 aliphatic rings. The van der Waals surface area contributed by atoms with Gasteiger partial charge in [-0.15, -0.1) is 0 Å². The van der Waals surface area contributed by atoms with Gasteiger partial charge in [-0.25, -0.2) is 0 Å². The first-order chi connectivity index (χ1) is 8.24. The van der Waals surface area contributed by atoms with Crippen molar-refractivity contribution in [3.63, 3.8) is 0 Å². The number of ether oxygens (including phenoxy) is 1. The lowest BCUT2D eigenvalue weighted by Crippen LogP contribution is -2.50. The molecule has 2 aliphatic heterocycles. The van der Waals surface area contributed by atoms with E-state index in [9.17, 15) is 0 Å². The summed E-state index contributed by atoms with van der Waals surface area (Å²) in [5.74, 6) is 1.51. The molecule has 100 valence electrons. The van der Waals surface area contributed by atoms with Crippen LogP contribution in [0, 0.1) is 11.8 Å². The molecule has 2 unspecified atom stereocenters. The lowest BCUT2D eigenvalue weighted by atomic mass is 9.89. The molecule has 2 atom stereocenters. The zero-order valence-electron chi connectivity index (χ0n) is 11.4. The van der Waals surface area contributed by atoms with Gasteiger partial charge in [-0.05, 0) is 44.1 Å². The minimum absolute atomic E-state index is 0.591. The van der Waals surface area contributed by atoms with Crippen molar-refractivity contribution in [1.29, 1.82) is 0 Å². The van der Waals surface area contributed by atoms with Crippen molar-refractivity contribution in [3.05, 3.63) is 0 Å². The Balaban J connectivity index is 2.00. The van der Waals surface area contributed by atoms with Crippen molar-refractivity contribution >= 4 is 0 Å². The third kappa shape index (κ3) is 3.01. The van der Waals surface area contributed by atoms with E-state index in [1.54, 1.807) is 0 Å². The van der Waals surface area contributed by atoms with Crippen LogP contribution in [0.1, 0.15) is 39.5 Å². The highest BCUT2D eigenvalue weighted by Crippen LogP contribution is 2.31. The molecule has 3 nitrogen and oxygen atoms in total. The second-order valence-corrected chi connectivity index (χ2v) is 5.94. The molecule has 2 rings (SSSR count). The molecule has 2 fully saturated rings. The van der Waals surface area contributed by atoms with Gasteiger partial charge < -0.3 is 10.5 Å². The zero-order chi connectivity index (χ0) is 12.3. The summed E-state index contributed by atoms with van der Waals surface area (Å²) in [6.07, 6.45) is 5.10. The number of hydrogen-bond donors (Lipinski definition) is 1. The standard InChI is InChI=1S/C14H28N2O/c1-11(2)13-4-3-7-16(13)14(10-15)12-5-8-17-9-6-12/h11-14H,3-10,15H2,1-2H3. The molecule has 2 saturated heterocycles. The average molecular weight is 240 g/mol.